The highest BCUT2D eigenvalue weighted by molar-refractivity contribution is 8.02. The molecule has 2 heterocycles. The summed E-state index contributed by atoms with van der Waals surface area (Å²) in [6.07, 6.45) is 0. The standard InChI is InChI=1S/C18H14ClN3O3S/c19-11-5-7-12(8-6-11)22-16(24)10-26-18(22)13-3-1-2-4-14(13)21(17(18)25)9-15(20)23/h1-8H,9-10H2,(H2,20,23)/t18-/m1/s1. The summed E-state index contributed by atoms with van der Waals surface area (Å²) < 4.78 is 0. The summed E-state index contributed by atoms with van der Waals surface area (Å²) >= 11 is 7.21. The molecule has 2 aromatic carbocycles. The van der Waals surface area contributed by atoms with Crippen LogP contribution in [0, 0.1) is 0 Å². The van der Waals surface area contributed by atoms with E-state index < -0.39 is 10.8 Å². The number of benzene rings is 2. The van der Waals surface area contributed by atoms with E-state index in [9.17, 15) is 14.4 Å². The zero-order valence-electron chi connectivity index (χ0n) is 13.5. The monoisotopic (exact) mass is 387 g/mol. The Bertz CT molecular complexity index is 934. The number of anilines is 2. The van der Waals surface area contributed by atoms with E-state index in [1.807, 2.05) is 12.1 Å². The molecule has 4 rings (SSSR count). The molecular weight excluding hydrogens is 374 g/mol. The molecule has 1 saturated heterocycles. The number of nitrogens with two attached hydrogens (primary N) is 1. The summed E-state index contributed by atoms with van der Waals surface area (Å²) in [4.78, 5) is 39.2. The molecule has 1 spiro atoms. The highest BCUT2D eigenvalue weighted by atomic mass is 35.5. The molecule has 2 aliphatic rings. The largest absolute Gasteiger partial charge is 0.368 e. The van der Waals surface area contributed by atoms with Gasteiger partial charge in [0.2, 0.25) is 16.7 Å². The molecule has 0 saturated carbocycles. The lowest BCUT2D eigenvalue weighted by Gasteiger charge is -2.33. The average Bonchev–Trinajstić information content (AvgIpc) is 3.08. The topological polar surface area (TPSA) is 83.7 Å². The minimum Gasteiger partial charge on any atom is -0.368 e. The Labute approximate surface area is 158 Å². The van der Waals surface area contributed by atoms with Gasteiger partial charge in [-0.05, 0) is 30.3 Å². The van der Waals surface area contributed by atoms with Crippen molar-refractivity contribution in [2.75, 3.05) is 22.1 Å². The summed E-state index contributed by atoms with van der Waals surface area (Å²) in [5.74, 6) is -0.977. The van der Waals surface area contributed by atoms with Crippen molar-refractivity contribution in [2.24, 2.45) is 5.73 Å². The summed E-state index contributed by atoms with van der Waals surface area (Å²) in [5.41, 5.74) is 7.18. The first-order valence-electron chi connectivity index (χ1n) is 7.87. The van der Waals surface area contributed by atoms with Gasteiger partial charge in [0, 0.05) is 16.3 Å². The van der Waals surface area contributed by atoms with Gasteiger partial charge in [-0.2, -0.15) is 0 Å². The number of thioether (sulfide) groups is 1. The van der Waals surface area contributed by atoms with E-state index in [4.69, 9.17) is 17.3 Å². The second-order valence-corrected chi connectivity index (χ2v) is 7.62. The zero-order valence-corrected chi connectivity index (χ0v) is 15.1. The van der Waals surface area contributed by atoms with Gasteiger partial charge < -0.3 is 5.73 Å². The Kier molecular flexibility index (Phi) is 3.93. The molecule has 26 heavy (non-hydrogen) atoms. The molecule has 0 bridgehead atoms. The minimum atomic E-state index is -1.24. The number of fused-ring (bicyclic) bond motifs is 2. The van der Waals surface area contributed by atoms with Crippen molar-refractivity contribution < 1.29 is 14.4 Å². The number of nitrogens with zero attached hydrogens (tertiary/aromatic N) is 2. The molecule has 132 valence electrons. The smallest absolute Gasteiger partial charge is 0.269 e. The first kappa shape index (κ1) is 16.9. The number of rotatable bonds is 3. The van der Waals surface area contributed by atoms with Crippen LogP contribution in [0.25, 0.3) is 0 Å². The van der Waals surface area contributed by atoms with Crippen LogP contribution in [0.1, 0.15) is 5.56 Å². The Morgan fingerprint density at radius 3 is 2.54 bits per heavy atom. The van der Waals surface area contributed by atoms with Gasteiger partial charge in [-0.3, -0.25) is 24.2 Å². The van der Waals surface area contributed by atoms with Gasteiger partial charge >= 0.3 is 0 Å². The molecule has 0 aromatic heterocycles. The third-order valence-corrected chi connectivity index (χ3v) is 6.10. The SMILES string of the molecule is NC(=O)CN1C(=O)[C@]2(SCC(=O)N2c2ccc(Cl)cc2)c2ccccc21. The van der Waals surface area contributed by atoms with Crippen LogP contribution in [0.4, 0.5) is 11.4 Å². The maximum Gasteiger partial charge on any atom is 0.269 e. The molecule has 0 unspecified atom stereocenters. The van der Waals surface area contributed by atoms with Crippen molar-refractivity contribution in [1.29, 1.82) is 0 Å². The molecule has 3 amide bonds. The molecule has 2 aromatic rings. The minimum absolute atomic E-state index is 0.160. The fourth-order valence-corrected chi connectivity index (χ4v) is 4.94. The number of hydrogen-bond acceptors (Lipinski definition) is 4. The van der Waals surface area contributed by atoms with Crippen molar-refractivity contribution in [2.45, 2.75) is 4.87 Å². The van der Waals surface area contributed by atoms with Gasteiger partial charge in [0.25, 0.3) is 5.91 Å². The lowest BCUT2D eigenvalue weighted by molar-refractivity contribution is -0.125. The maximum atomic E-state index is 13.4. The van der Waals surface area contributed by atoms with Crippen molar-refractivity contribution in [1.82, 2.24) is 0 Å². The van der Waals surface area contributed by atoms with Crippen LogP contribution < -0.4 is 15.5 Å². The fraction of sp³-hybridized carbons (Fsp3) is 0.167. The van der Waals surface area contributed by atoms with Crippen LogP contribution in [-0.4, -0.2) is 30.0 Å². The fourth-order valence-electron chi connectivity index (χ4n) is 3.46. The molecule has 2 aliphatic heterocycles. The first-order chi connectivity index (χ1) is 12.4. The van der Waals surface area contributed by atoms with Gasteiger partial charge in [-0.1, -0.05) is 29.8 Å². The Balaban J connectivity index is 1.91. The van der Waals surface area contributed by atoms with E-state index >= 15 is 0 Å². The molecule has 1 fully saturated rings. The molecule has 2 N–H and O–H groups in total. The van der Waals surface area contributed by atoms with Gasteiger partial charge in [-0.25, -0.2) is 0 Å². The maximum absolute atomic E-state index is 13.4. The van der Waals surface area contributed by atoms with Crippen LogP contribution in [0.3, 0.4) is 0 Å². The van der Waals surface area contributed by atoms with Crippen LogP contribution in [0.15, 0.2) is 48.5 Å². The predicted molar refractivity (Wildman–Crippen MR) is 101 cm³/mol. The van der Waals surface area contributed by atoms with Gasteiger partial charge in [0.05, 0.1) is 11.4 Å². The zero-order chi connectivity index (χ0) is 18.5. The number of primary amides is 1. The molecule has 8 heteroatoms. The summed E-state index contributed by atoms with van der Waals surface area (Å²) in [6, 6.07) is 13.9. The number of carbonyl (C=O) groups excluding carboxylic acids is 3. The quantitative estimate of drug-likeness (QED) is 0.874. The van der Waals surface area contributed by atoms with E-state index in [0.717, 1.165) is 0 Å². The van der Waals surface area contributed by atoms with Crippen molar-refractivity contribution in [3.05, 3.63) is 59.1 Å². The third-order valence-electron chi connectivity index (χ3n) is 4.46. The molecule has 0 aliphatic carbocycles. The van der Waals surface area contributed by atoms with Crippen molar-refractivity contribution in [3.8, 4) is 0 Å². The van der Waals surface area contributed by atoms with Crippen LogP contribution in [0.5, 0.6) is 0 Å². The number of carbonyl (C=O) groups is 3. The second-order valence-electron chi connectivity index (χ2n) is 6.01. The van der Waals surface area contributed by atoms with E-state index in [2.05, 4.69) is 0 Å². The summed E-state index contributed by atoms with van der Waals surface area (Å²) in [5, 5.41) is 0.538. The van der Waals surface area contributed by atoms with E-state index in [0.29, 0.717) is 22.0 Å². The molecular formula is C18H14ClN3O3S. The van der Waals surface area contributed by atoms with E-state index in [-0.39, 0.29) is 24.1 Å². The van der Waals surface area contributed by atoms with E-state index in [1.54, 1.807) is 36.4 Å². The van der Waals surface area contributed by atoms with Gasteiger partial charge in [0.15, 0.2) is 0 Å². The number of halogens is 1. The predicted octanol–water partition coefficient (Wildman–Crippen LogP) is 2.10. The third kappa shape index (κ3) is 2.31. The Hall–Kier alpha value is -2.51. The van der Waals surface area contributed by atoms with Crippen LogP contribution >= 0.6 is 23.4 Å². The van der Waals surface area contributed by atoms with Gasteiger partial charge in [-0.15, -0.1) is 11.8 Å². The lowest BCUT2D eigenvalue weighted by Crippen LogP contribution is -2.51. The first-order valence-corrected chi connectivity index (χ1v) is 9.24. The number of amides is 3. The number of hydrogen-bond donors (Lipinski definition) is 1. The van der Waals surface area contributed by atoms with Gasteiger partial charge in [0.1, 0.15) is 6.54 Å². The Morgan fingerprint density at radius 1 is 1.15 bits per heavy atom. The second kappa shape index (κ2) is 6.03. The van der Waals surface area contributed by atoms with Crippen LogP contribution in [0.2, 0.25) is 5.02 Å². The van der Waals surface area contributed by atoms with Crippen molar-refractivity contribution in [3.63, 3.8) is 0 Å². The van der Waals surface area contributed by atoms with Crippen molar-refractivity contribution >= 4 is 52.5 Å². The molecule has 1 atom stereocenters. The number of para-hydroxylation sites is 1. The van der Waals surface area contributed by atoms with Crippen LogP contribution in [-0.2, 0) is 19.3 Å². The molecule has 6 nitrogen and oxygen atoms in total. The highest BCUT2D eigenvalue weighted by Crippen LogP contribution is 2.55. The average molecular weight is 388 g/mol. The highest BCUT2D eigenvalue weighted by Gasteiger charge is 2.61. The lowest BCUT2D eigenvalue weighted by atomic mass is 10.0. The summed E-state index contributed by atoms with van der Waals surface area (Å²) in [7, 11) is 0. The normalized spacial score (nSPS) is 21.6. The molecule has 0 radical (unpaired) electrons. The summed E-state index contributed by atoms with van der Waals surface area (Å²) in [6.45, 7) is -0.235. The Morgan fingerprint density at radius 2 is 1.85 bits per heavy atom. The van der Waals surface area contributed by atoms with E-state index in [1.165, 1.54) is 21.6 Å².